The average Bonchev–Trinajstić information content (AvgIpc) is 2.27. The van der Waals surface area contributed by atoms with Gasteiger partial charge in [-0.15, -0.1) is 0 Å². The number of ether oxygens (including phenoxy) is 1. The summed E-state index contributed by atoms with van der Waals surface area (Å²) >= 11 is 0. The maximum absolute atomic E-state index is 11.7. The minimum atomic E-state index is -1.15. The molecule has 0 aliphatic rings. The maximum Gasteiger partial charge on any atom is 0.337 e. The molecular formula is C12H16N2O4. The van der Waals surface area contributed by atoms with Crippen LogP contribution in [0.15, 0.2) is 18.2 Å². The van der Waals surface area contributed by atoms with Crippen LogP contribution in [0.25, 0.3) is 0 Å². The lowest BCUT2D eigenvalue weighted by Gasteiger charge is -2.18. The second-order valence-corrected chi connectivity index (χ2v) is 4.39. The third kappa shape index (κ3) is 3.21. The summed E-state index contributed by atoms with van der Waals surface area (Å²) in [6.07, 6.45) is 0. The first-order chi connectivity index (χ1) is 8.25. The number of amides is 1. The Kier molecular flexibility index (Phi) is 3.93. The summed E-state index contributed by atoms with van der Waals surface area (Å²) < 4.78 is 4.93. The van der Waals surface area contributed by atoms with Gasteiger partial charge in [0.2, 0.25) is 5.91 Å². The fourth-order valence-corrected chi connectivity index (χ4v) is 1.22. The van der Waals surface area contributed by atoms with E-state index in [4.69, 9.17) is 15.6 Å². The monoisotopic (exact) mass is 252 g/mol. The molecule has 0 fully saturated rings. The van der Waals surface area contributed by atoms with Crippen molar-refractivity contribution in [1.82, 2.24) is 0 Å². The van der Waals surface area contributed by atoms with Crippen molar-refractivity contribution >= 4 is 17.6 Å². The van der Waals surface area contributed by atoms with Gasteiger partial charge in [-0.3, -0.25) is 4.79 Å². The van der Waals surface area contributed by atoms with Gasteiger partial charge >= 0.3 is 5.97 Å². The predicted octanol–water partition coefficient (Wildman–Crippen LogP) is 1.07. The highest BCUT2D eigenvalue weighted by atomic mass is 16.5. The number of carbonyl (C=O) groups excluding carboxylic acids is 1. The highest BCUT2D eigenvalue weighted by molar-refractivity contribution is 6.03. The van der Waals surface area contributed by atoms with Crippen LogP contribution < -0.4 is 15.8 Å². The van der Waals surface area contributed by atoms with Crippen LogP contribution in [0.5, 0.6) is 5.75 Å². The summed E-state index contributed by atoms with van der Waals surface area (Å²) in [4.78, 5) is 22.8. The molecule has 6 heteroatoms. The highest BCUT2D eigenvalue weighted by Crippen LogP contribution is 2.22. The van der Waals surface area contributed by atoms with Crippen molar-refractivity contribution in [3.63, 3.8) is 0 Å². The van der Waals surface area contributed by atoms with Crippen LogP contribution in [0.4, 0.5) is 5.69 Å². The number of nitrogens with two attached hydrogens (primary N) is 1. The Hall–Kier alpha value is -2.08. The van der Waals surface area contributed by atoms with Gasteiger partial charge in [0.05, 0.1) is 23.9 Å². The SMILES string of the molecule is COc1ccc(NC(=O)C(C)(C)N)c(C(=O)O)c1. The third-order valence-corrected chi connectivity index (χ3v) is 2.29. The van der Waals surface area contributed by atoms with Crippen LogP contribution >= 0.6 is 0 Å². The Morgan fingerprint density at radius 2 is 2.00 bits per heavy atom. The van der Waals surface area contributed by atoms with Gasteiger partial charge in [0, 0.05) is 0 Å². The number of rotatable bonds is 4. The van der Waals surface area contributed by atoms with Gasteiger partial charge < -0.3 is 20.9 Å². The van der Waals surface area contributed by atoms with Gasteiger partial charge in [0.25, 0.3) is 0 Å². The number of hydrogen-bond acceptors (Lipinski definition) is 4. The largest absolute Gasteiger partial charge is 0.497 e. The molecule has 0 unspecified atom stereocenters. The van der Waals surface area contributed by atoms with Crippen molar-refractivity contribution in [1.29, 1.82) is 0 Å². The van der Waals surface area contributed by atoms with Crippen molar-refractivity contribution in [2.45, 2.75) is 19.4 Å². The minimum Gasteiger partial charge on any atom is -0.497 e. The third-order valence-electron chi connectivity index (χ3n) is 2.29. The number of aromatic carboxylic acids is 1. The van der Waals surface area contributed by atoms with Gasteiger partial charge in [-0.2, -0.15) is 0 Å². The lowest BCUT2D eigenvalue weighted by atomic mass is 10.1. The molecule has 1 aromatic rings. The van der Waals surface area contributed by atoms with Crippen molar-refractivity contribution in [3.05, 3.63) is 23.8 Å². The van der Waals surface area contributed by atoms with Crippen molar-refractivity contribution in [2.75, 3.05) is 12.4 Å². The molecule has 0 spiro atoms. The quantitative estimate of drug-likeness (QED) is 0.744. The average molecular weight is 252 g/mol. The molecule has 0 atom stereocenters. The smallest absolute Gasteiger partial charge is 0.337 e. The molecule has 0 heterocycles. The molecule has 0 aromatic heterocycles. The van der Waals surface area contributed by atoms with E-state index in [9.17, 15) is 9.59 Å². The maximum atomic E-state index is 11.7. The van der Waals surface area contributed by atoms with Gasteiger partial charge in [-0.05, 0) is 32.0 Å². The molecule has 1 aromatic carbocycles. The number of methoxy groups -OCH3 is 1. The minimum absolute atomic E-state index is 0.0491. The summed E-state index contributed by atoms with van der Waals surface area (Å²) in [6, 6.07) is 4.36. The van der Waals surface area contributed by atoms with Gasteiger partial charge in [-0.1, -0.05) is 0 Å². The van der Waals surface area contributed by atoms with E-state index in [2.05, 4.69) is 5.32 Å². The molecule has 0 aliphatic carbocycles. The zero-order valence-corrected chi connectivity index (χ0v) is 10.5. The zero-order chi connectivity index (χ0) is 13.9. The van der Waals surface area contributed by atoms with E-state index in [1.807, 2.05) is 0 Å². The Labute approximate surface area is 105 Å². The molecule has 6 nitrogen and oxygen atoms in total. The van der Waals surface area contributed by atoms with E-state index >= 15 is 0 Å². The lowest BCUT2D eigenvalue weighted by Crippen LogP contribution is -2.45. The van der Waals surface area contributed by atoms with E-state index in [0.29, 0.717) is 5.75 Å². The highest BCUT2D eigenvalue weighted by Gasteiger charge is 2.23. The molecule has 0 saturated heterocycles. The van der Waals surface area contributed by atoms with E-state index in [-0.39, 0.29) is 11.3 Å². The van der Waals surface area contributed by atoms with Gasteiger partial charge in [0.1, 0.15) is 5.75 Å². The molecule has 1 rings (SSSR count). The Bertz CT molecular complexity index is 477. The fourth-order valence-electron chi connectivity index (χ4n) is 1.22. The Morgan fingerprint density at radius 1 is 1.39 bits per heavy atom. The molecule has 98 valence electrons. The first-order valence-corrected chi connectivity index (χ1v) is 5.27. The summed E-state index contributed by atoms with van der Waals surface area (Å²) in [5.74, 6) is -1.22. The number of anilines is 1. The molecule has 0 radical (unpaired) electrons. The predicted molar refractivity (Wildman–Crippen MR) is 66.8 cm³/mol. The number of carboxylic acid groups (broad SMARTS) is 1. The van der Waals surface area contributed by atoms with Crippen LogP contribution in [0, 0.1) is 0 Å². The van der Waals surface area contributed by atoms with E-state index in [0.717, 1.165) is 0 Å². The molecular weight excluding hydrogens is 236 g/mol. The van der Waals surface area contributed by atoms with E-state index in [1.165, 1.54) is 33.1 Å². The number of carboxylic acids is 1. The second kappa shape index (κ2) is 5.05. The van der Waals surface area contributed by atoms with Crippen LogP contribution in [0.3, 0.4) is 0 Å². The van der Waals surface area contributed by atoms with Crippen molar-refractivity contribution < 1.29 is 19.4 Å². The van der Waals surface area contributed by atoms with Gasteiger partial charge in [-0.25, -0.2) is 4.79 Å². The van der Waals surface area contributed by atoms with Crippen LogP contribution in [0.2, 0.25) is 0 Å². The zero-order valence-electron chi connectivity index (χ0n) is 10.5. The van der Waals surface area contributed by atoms with Crippen LogP contribution in [-0.2, 0) is 4.79 Å². The summed E-state index contributed by atoms with van der Waals surface area (Å²) in [7, 11) is 1.43. The standard InChI is InChI=1S/C12H16N2O4/c1-12(2,13)11(17)14-9-5-4-7(18-3)6-8(9)10(15)16/h4-6H,13H2,1-3H3,(H,14,17)(H,15,16). The summed E-state index contributed by atoms with van der Waals surface area (Å²) in [6.45, 7) is 3.07. The fraction of sp³-hybridized carbons (Fsp3) is 0.333. The molecule has 0 aliphatic heterocycles. The normalized spacial score (nSPS) is 10.9. The topological polar surface area (TPSA) is 102 Å². The number of hydrogen-bond donors (Lipinski definition) is 3. The van der Waals surface area contributed by atoms with Crippen LogP contribution in [-0.4, -0.2) is 29.6 Å². The summed E-state index contributed by atoms with van der Waals surface area (Å²) in [5.41, 5.74) is 4.68. The Balaban J connectivity index is 3.09. The molecule has 18 heavy (non-hydrogen) atoms. The number of nitrogens with one attached hydrogen (secondary N) is 1. The number of benzene rings is 1. The van der Waals surface area contributed by atoms with E-state index in [1.54, 1.807) is 6.07 Å². The molecule has 0 bridgehead atoms. The van der Waals surface area contributed by atoms with Crippen molar-refractivity contribution in [3.8, 4) is 5.75 Å². The first-order valence-electron chi connectivity index (χ1n) is 5.27. The van der Waals surface area contributed by atoms with Crippen molar-refractivity contribution in [2.24, 2.45) is 5.73 Å². The second-order valence-electron chi connectivity index (χ2n) is 4.39. The number of carbonyl (C=O) groups is 2. The molecule has 4 N–H and O–H groups in total. The lowest BCUT2D eigenvalue weighted by molar-refractivity contribution is -0.120. The Morgan fingerprint density at radius 3 is 2.44 bits per heavy atom. The molecule has 0 saturated carbocycles. The van der Waals surface area contributed by atoms with Gasteiger partial charge in [0.15, 0.2) is 0 Å². The van der Waals surface area contributed by atoms with E-state index < -0.39 is 17.4 Å². The first kappa shape index (κ1) is 14.0. The van der Waals surface area contributed by atoms with Crippen LogP contribution in [0.1, 0.15) is 24.2 Å². The summed E-state index contributed by atoms with van der Waals surface area (Å²) in [5, 5.41) is 11.5. The molecule has 1 amide bonds.